The van der Waals surface area contributed by atoms with Crippen LogP contribution < -0.4 is 14.8 Å². The van der Waals surface area contributed by atoms with Gasteiger partial charge >= 0.3 is 0 Å². The predicted octanol–water partition coefficient (Wildman–Crippen LogP) is 3.19. The van der Waals surface area contributed by atoms with Gasteiger partial charge in [0.25, 0.3) is 0 Å². The number of H-pyrrole nitrogens is 1. The normalized spacial score (nSPS) is 19.6. The maximum Gasteiger partial charge on any atom is 0.161 e. The van der Waals surface area contributed by atoms with Crippen molar-refractivity contribution in [2.45, 2.75) is 12.5 Å². The zero-order valence-electron chi connectivity index (χ0n) is 12.7. The topological polar surface area (TPSA) is 48.4 Å². The lowest BCUT2D eigenvalue weighted by Gasteiger charge is -2.25. The number of aromatic nitrogens is 1. The van der Waals surface area contributed by atoms with Gasteiger partial charge in [0.1, 0.15) is 13.2 Å². The first-order chi connectivity index (χ1) is 11.4. The van der Waals surface area contributed by atoms with Gasteiger partial charge in [0.05, 0.1) is 6.04 Å². The molecular weight excluding hydrogens is 288 g/mol. The highest BCUT2D eigenvalue weighted by molar-refractivity contribution is 5.85. The van der Waals surface area contributed by atoms with Crippen molar-refractivity contribution in [3.8, 4) is 11.5 Å². The van der Waals surface area contributed by atoms with Crippen LogP contribution in [0.2, 0.25) is 0 Å². The highest BCUT2D eigenvalue weighted by Crippen LogP contribution is 2.38. The van der Waals surface area contributed by atoms with Gasteiger partial charge in [-0.05, 0) is 35.7 Å². The van der Waals surface area contributed by atoms with Gasteiger partial charge in [-0.25, -0.2) is 5.32 Å². The molecule has 2 aliphatic rings. The molecule has 5 rings (SSSR count). The lowest BCUT2D eigenvalue weighted by atomic mass is 9.94. The van der Waals surface area contributed by atoms with Crippen molar-refractivity contribution in [1.29, 1.82) is 0 Å². The third kappa shape index (κ3) is 2.02. The minimum atomic E-state index is 0.0435. The van der Waals surface area contributed by atoms with Crippen molar-refractivity contribution in [3.63, 3.8) is 0 Å². The lowest BCUT2D eigenvalue weighted by Crippen LogP contribution is -2.25. The number of nitrogens with zero attached hydrogens (tertiary/aromatic N) is 1. The van der Waals surface area contributed by atoms with Crippen molar-refractivity contribution in [2.75, 3.05) is 19.8 Å². The van der Waals surface area contributed by atoms with Gasteiger partial charge in [-0.15, -0.1) is 0 Å². The molecule has 0 amide bonds. The van der Waals surface area contributed by atoms with Gasteiger partial charge in [-0.1, -0.05) is 24.3 Å². The Morgan fingerprint density at radius 2 is 1.87 bits per heavy atom. The first kappa shape index (κ1) is 13.0. The minimum Gasteiger partial charge on any atom is -0.486 e. The van der Waals surface area contributed by atoms with Crippen LogP contribution in [0.3, 0.4) is 0 Å². The van der Waals surface area contributed by atoms with E-state index in [9.17, 15) is 0 Å². The Labute approximate surface area is 134 Å². The molecule has 1 atom stereocenters. The molecular formula is C19H17N2O2. The molecule has 23 heavy (non-hydrogen) atoms. The molecule has 3 heterocycles. The van der Waals surface area contributed by atoms with E-state index < -0.39 is 0 Å². The largest absolute Gasteiger partial charge is 0.486 e. The third-order valence-electron chi connectivity index (χ3n) is 4.68. The SMILES string of the molecule is c1ccc2c3c([nH]c2c1)C(c1ccc2c(c1)OCCO2)[N]CC3. The summed E-state index contributed by atoms with van der Waals surface area (Å²) >= 11 is 0. The van der Waals surface area contributed by atoms with Crippen LogP contribution in [0.5, 0.6) is 11.5 Å². The van der Waals surface area contributed by atoms with Gasteiger partial charge < -0.3 is 14.5 Å². The van der Waals surface area contributed by atoms with E-state index in [0.717, 1.165) is 30.0 Å². The third-order valence-corrected chi connectivity index (χ3v) is 4.68. The number of hydrogen-bond donors (Lipinski definition) is 1. The summed E-state index contributed by atoms with van der Waals surface area (Å²) < 4.78 is 11.3. The van der Waals surface area contributed by atoms with Gasteiger partial charge in [0, 0.05) is 23.1 Å². The number of aromatic amines is 1. The molecule has 2 aliphatic heterocycles. The molecule has 1 aromatic heterocycles. The molecule has 0 fully saturated rings. The summed E-state index contributed by atoms with van der Waals surface area (Å²) in [5, 5.41) is 6.18. The summed E-state index contributed by atoms with van der Waals surface area (Å²) in [4.78, 5) is 3.58. The molecule has 4 nitrogen and oxygen atoms in total. The molecule has 1 radical (unpaired) electrons. The van der Waals surface area contributed by atoms with Crippen molar-refractivity contribution in [3.05, 3.63) is 59.3 Å². The van der Waals surface area contributed by atoms with Crippen molar-refractivity contribution >= 4 is 10.9 Å². The summed E-state index contributed by atoms with van der Waals surface area (Å²) in [6.07, 6.45) is 1.00. The van der Waals surface area contributed by atoms with Crippen LogP contribution >= 0.6 is 0 Å². The second-order valence-corrected chi connectivity index (χ2v) is 6.02. The quantitative estimate of drug-likeness (QED) is 0.750. The van der Waals surface area contributed by atoms with E-state index in [1.165, 1.54) is 22.2 Å². The fraction of sp³-hybridized carbons (Fsp3) is 0.263. The van der Waals surface area contributed by atoms with Crippen LogP contribution in [0.1, 0.15) is 22.9 Å². The molecule has 0 spiro atoms. The van der Waals surface area contributed by atoms with Gasteiger partial charge in [0.15, 0.2) is 11.5 Å². The molecule has 0 aliphatic carbocycles. The number of para-hydroxylation sites is 1. The van der Waals surface area contributed by atoms with Crippen LogP contribution in [0.25, 0.3) is 10.9 Å². The molecule has 1 unspecified atom stereocenters. The highest BCUT2D eigenvalue weighted by Gasteiger charge is 2.27. The molecule has 3 aromatic rings. The summed E-state index contributed by atoms with van der Waals surface area (Å²) in [6, 6.07) is 14.7. The number of nitrogens with one attached hydrogen (secondary N) is 1. The Balaban J connectivity index is 1.63. The zero-order chi connectivity index (χ0) is 15.2. The number of benzene rings is 2. The molecule has 0 saturated carbocycles. The van der Waals surface area contributed by atoms with E-state index >= 15 is 0 Å². The highest BCUT2D eigenvalue weighted by atomic mass is 16.6. The summed E-state index contributed by atoms with van der Waals surface area (Å²) in [5.74, 6) is 1.65. The maximum absolute atomic E-state index is 5.72. The van der Waals surface area contributed by atoms with E-state index in [2.05, 4.69) is 41.4 Å². The van der Waals surface area contributed by atoms with Crippen LogP contribution in [0.4, 0.5) is 0 Å². The number of fused-ring (bicyclic) bond motifs is 4. The molecule has 0 saturated heterocycles. The van der Waals surface area contributed by atoms with Crippen LogP contribution in [-0.2, 0) is 6.42 Å². The number of rotatable bonds is 1. The maximum atomic E-state index is 5.72. The Morgan fingerprint density at radius 3 is 2.83 bits per heavy atom. The zero-order valence-corrected chi connectivity index (χ0v) is 12.7. The van der Waals surface area contributed by atoms with Crippen molar-refractivity contribution in [1.82, 2.24) is 10.3 Å². The predicted molar refractivity (Wildman–Crippen MR) is 88.3 cm³/mol. The number of hydrogen-bond acceptors (Lipinski definition) is 2. The second-order valence-electron chi connectivity index (χ2n) is 6.02. The Hall–Kier alpha value is -2.46. The molecule has 1 N–H and O–H groups in total. The van der Waals surface area contributed by atoms with Crippen molar-refractivity contribution in [2.24, 2.45) is 0 Å². The fourth-order valence-electron chi connectivity index (χ4n) is 3.62. The first-order valence-electron chi connectivity index (χ1n) is 8.06. The molecule has 2 aromatic carbocycles. The summed E-state index contributed by atoms with van der Waals surface area (Å²) in [6.45, 7) is 2.08. The monoisotopic (exact) mass is 305 g/mol. The van der Waals surface area contributed by atoms with E-state index in [-0.39, 0.29) is 6.04 Å². The van der Waals surface area contributed by atoms with Gasteiger partial charge in [0.2, 0.25) is 0 Å². The van der Waals surface area contributed by atoms with E-state index in [0.29, 0.717) is 13.2 Å². The Morgan fingerprint density at radius 1 is 1.00 bits per heavy atom. The minimum absolute atomic E-state index is 0.0435. The average Bonchev–Trinajstić information content (AvgIpc) is 3.00. The van der Waals surface area contributed by atoms with Crippen LogP contribution in [0.15, 0.2) is 42.5 Å². The van der Waals surface area contributed by atoms with Gasteiger partial charge in [-0.3, -0.25) is 0 Å². The number of ether oxygens (including phenoxy) is 2. The summed E-state index contributed by atoms with van der Waals surface area (Å²) in [7, 11) is 0. The lowest BCUT2D eigenvalue weighted by molar-refractivity contribution is 0.171. The Bertz CT molecular complexity index is 884. The van der Waals surface area contributed by atoms with E-state index in [4.69, 9.17) is 14.8 Å². The van der Waals surface area contributed by atoms with E-state index in [1.54, 1.807) is 0 Å². The first-order valence-corrected chi connectivity index (χ1v) is 8.06. The van der Waals surface area contributed by atoms with Crippen LogP contribution in [-0.4, -0.2) is 24.7 Å². The molecule has 0 bridgehead atoms. The average molecular weight is 305 g/mol. The van der Waals surface area contributed by atoms with E-state index in [1.807, 2.05) is 6.07 Å². The molecule has 4 heteroatoms. The fourth-order valence-corrected chi connectivity index (χ4v) is 3.62. The molecule has 115 valence electrons. The van der Waals surface area contributed by atoms with Crippen LogP contribution in [0, 0.1) is 0 Å². The second kappa shape index (κ2) is 5.03. The smallest absolute Gasteiger partial charge is 0.161 e. The van der Waals surface area contributed by atoms with Gasteiger partial charge in [-0.2, -0.15) is 0 Å². The standard InChI is InChI=1S/C19H17N2O2/c1-2-4-15-13(3-1)14-7-8-20-18(19(14)21-15)12-5-6-16-17(11-12)23-10-9-22-16/h1-6,11,18,21H,7-10H2. The summed E-state index contributed by atoms with van der Waals surface area (Å²) in [5.41, 5.74) is 4.96. The Kier molecular flexibility index (Phi) is 2.85. The van der Waals surface area contributed by atoms with Crippen molar-refractivity contribution < 1.29 is 9.47 Å².